The van der Waals surface area contributed by atoms with Gasteiger partial charge in [0, 0.05) is 12.5 Å². The molecule has 1 unspecified atom stereocenters. The van der Waals surface area contributed by atoms with Crippen LogP contribution in [0.2, 0.25) is 0 Å². The molecule has 0 heterocycles. The molecule has 0 aliphatic carbocycles. The highest BCUT2D eigenvalue weighted by atomic mass is 16.2. The Bertz CT molecular complexity index is 178. The average Bonchev–Trinajstić information content (AvgIpc) is 2.15. The van der Waals surface area contributed by atoms with E-state index in [0.29, 0.717) is 6.54 Å². The van der Waals surface area contributed by atoms with Crippen molar-refractivity contribution < 1.29 is 9.59 Å². The molecule has 0 saturated carbocycles. The van der Waals surface area contributed by atoms with Gasteiger partial charge < -0.3 is 5.32 Å². The molecule has 0 aliphatic heterocycles. The lowest BCUT2D eigenvalue weighted by atomic mass is 10.0. The number of ketones is 1. The molecule has 0 saturated heterocycles. The highest BCUT2D eigenvalue weighted by Gasteiger charge is 2.18. The summed E-state index contributed by atoms with van der Waals surface area (Å²) in [4.78, 5) is 22.4. The second-order valence-corrected chi connectivity index (χ2v) is 3.28. The summed E-state index contributed by atoms with van der Waals surface area (Å²) in [6.07, 6.45) is 2.68. The molecular weight excluding hydrogens is 166 g/mol. The molecule has 0 aromatic carbocycles. The van der Waals surface area contributed by atoms with Crippen LogP contribution < -0.4 is 5.32 Å². The molecule has 0 aromatic rings. The van der Waals surface area contributed by atoms with Crippen LogP contribution in [0.5, 0.6) is 0 Å². The van der Waals surface area contributed by atoms with Crippen molar-refractivity contribution in [3.8, 4) is 0 Å². The third-order valence-electron chi connectivity index (χ3n) is 2.10. The Labute approximate surface area is 79.9 Å². The van der Waals surface area contributed by atoms with E-state index in [0.717, 1.165) is 19.3 Å². The van der Waals surface area contributed by atoms with Gasteiger partial charge in [0.1, 0.15) is 0 Å². The number of nitrogens with one attached hydrogen (secondary N) is 1. The van der Waals surface area contributed by atoms with Crippen molar-refractivity contribution in [2.45, 2.75) is 40.0 Å². The van der Waals surface area contributed by atoms with E-state index in [1.807, 2.05) is 13.8 Å². The summed E-state index contributed by atoms with van der Waals surface area (Å²) in [6.45, 7) is 6.34. The maximum atomic E-state index is 11.3. The number of hydrogen-bond acceptors (Lipinski definition) is 2. The Kier molecular flexibility index (Phi) is 6.20. The molecule has 76 valence electrons. The smallest absolute Gasteiger partial charge is 0.287 e. The first kappa shape index (κ1) is 12.1. The van der Waals surface area contributed by atoms with Gasteiger partial charge in [-0.15, -0.1) is 0 Å². The van der Waals surface area contributed by atoms with Crippen LogP contribution in [-0.2, 0) is 9.59 Å². The largest absolute Gasteiger partial charge is 0.349 e. The zero-order valence-corrected chi connectivity index (χ0v) is 8.72. The monoisotopic (exact) mass is 185 g/mol. The molecule has 3 nitrogen and oxygen atoms in total. The molecule has 1 amide bonds. The Morgan fingerprint density at radius 1 is 1.31 bits per heavy atom. The number of hydrogen-bond donors (Lipinski definition) is 1. The number of rotatable bonds is 6. The summed E-state index contributed by atoms with van der Waals surface area (Å²) in [5.41, 5.74) is 0. The van der Waals surface area contributed by atoms with Crippen LogP contribution in [0.15, 0.2) is 0 Å². The molecule has 3 heteroatoms. The van der Waals surface area contributed by atoms with Crippen molar-refractivity contribution in [3.63, 3.8) is 0 Å². The molecule has 0 aliphatic rings. The standard InChI is InChI=1S/C10H19NO2/c1-4-6-7-11-10(13)9(12)8(3)5-2/h8H,4-7H2,1-3H3,(H,11,13). The third-order valence-corrected chi connectivity index (χ3v) is 2.10. The number of amides is 1. The second kappa shape index (κ2) is 6.63. The zero-order valence-electron chi connectivity index (χ0n) is 8.72. The fraction of sp³-hybridized carbons (Fsp3) is 0.800. The first-order valence-corrected chi connectivity index (χ1v) is 4.95. The van der Waals surface area contributed by atoms with Crippen LogP contribution in [0.3, 0.4) is 0 Å². The second-order valence-electron chi connectivity index (χ2n) is 3.28. The molecule has 0 radical (unpaired) electrons. The maximum absolute atomic E-state index is 11.3. The van der Waals surface area contributed by atoms with Gasteiger partial charge in [-0.1, -0.05) is 27.2 Å². The van der Waals surface area contributed by atoms with Crippen molar-refractivity contribution in [1.29, 1.82) is 0 Å². The molecule has 0 aromatic heterocycles. The molecule has 1 N–H and O–H groups in total. The van der Waals surface area contributed by atoms with E-state index in [-0.39, 0.29) is 11.7 Å². The molecule has 0 spiro atoms. The van der Waals surface area contributed by atoms with Gasteiger partial charge in [-0.05, 0) is 12.8 Å². The van der Waals surface area contributed by atoms with E-state index >= 15 is 0 Å². The molecular formula is C10H19NO2. The van der Waals surface area contributed by atoms with E-state index in [2.05, 4.69) is 5.32 Å². The van der Waals surface area contributed by atoms with Gasteiger partial charge >= 0.3 is 0 Å². The van der Waals surface area contributed by atoms with E-state index in [1.54, 1.807) is 6.92 Å². The summed E-state index contributed by atoms with van der Waals surface area (Å²) in [7, 11) is 0. The van der Waals surface area contributed by atoms with Crippen LogP contribution in [0, 0.1) is 5.92 Å². The van der Waals surface area contributed by atoms with Gasteiger partial charge in [-0.3, -0.25) is 9.59 Å². The predicted molar refractivity (Wildman–Crippen MR) is 52.4 cm³/mol. The quantitative estimate of drug-likeness (QED) is 0.503. The fourth-order valence-corrected chi connectivity index (χ4v) is 0.875. The summed E-state index contributed by atoms with van der Waals surface area (Å²) < 4.78 is 0. The molecule has 0 fully saturated rings. The highest BCUT2D eigenvalue weighted by molar-refractivity contribution is 6.36. The zero-order chi connectivity index (χ0) is 10.3. The lowest BCUT2D eigenvalue weighted by molar-refractivity contribution is -0.140. The van der Waals surface area contributed by atoms with Crippen molar-refractivity contribution in [3.05, 3.63) is 0 Å². The van der Waals surface area contributed by atoms with Crippen LogP contribution in [0.4, 0.5) is 0 Å². The minimum atomic E-state index is -0.428. The third kappa shape index (κ3) is 4.65. The molecule has 13 heavy (non-hydrogen) atoms. The first-order chi connectivity index (χ1) is 6.13. The van der Waals surface area contributed by atoms with Gasteiger partial charge in [-0.25, -0.2) is 0 Å². The van der Waals surface area contributed by atoms with Gasteiger partial charge in [0.2, 0.25) is 5.78 Å². The van der Waals surface area contributed by atoms with E-state index in [1.165, 1.54) is 0 Å². The van der Waals surface area contributed by atoms with Crippen molar-refractivity contribution in [1.82, 2.24) is 5.32 Å². The van der Waals surface area contributed by atoms with Crippen molar-refractivity contribution in [2.75, 3.05) is 6.54 Å². The summed E-state index contributed by atoms with van der Waals surface area (Å²) >= 11 is 0. The summed E-state index contributed by atoms with van der Waals surface area (Å²) in [6, 6.07) is 0. The summed E-state index contributed by atoms with van der Waals surface area (Å²) in [5.74, 6) is -0.872. The fourth-order valence-electron chi connectivity index (χ4n) is 0.875. The molecule has 0 bridgehead atoms. The van der Waals surface area contributed by atoms with Crippen LogP contribution in [0.1, 0.15) is 40.0 Å². The van der Waals surface area contributed by atoms with Crippen LogP contribution in [0.25, 0.3) is 0 Å². The number of unbranched alkanes of at least 4 members (excludes halogenated alkanes) is 1. The van der Waals surface area contributed by atoms with E-state index in [4.69, 9.17) is 0 Å². The Hall–Kier alpha value is -0.860. The normalized spacial score (nSPS) is 12.2. The van der Waals surface area contributed by atoms with Crippen LogP contribution >= 0.6 is 0 Å². The van der Waals surface area contributed by atoms with E-state index in [9.17, 15) is 9.59 Å². The first-order valence-electron chi connectivity index (χ1n) is 4.95. The minimum Gasteiger partial charge on any atom is -0.349 e. The van der Waals surface area contributed by atoms with Crippen molar-refractivity contribution >= 4 is 11.7 Å². The van der Waals surface area contributed by atoms with E-state index < -0.39 is 5.91 Å². The maximum Gasteiger partial charge on any atom is 0.287 e. The number of carbonyl (C=O) groups excluding carboxylic acids is 2. The Balaban J connectivity index is 3.76. The highest BCUT2D eigenvalue weighted by Crippen LogP contribution is 2.01. The lowest BCUT2D eigenvalue weighted by Gasteiger charge is -2.07. The predicted octanol–water partition coefficient (Wildman–Crippen LogP) is 1.52. The van der Waals surface area contributed by atoms with Gasteiger partial charge in [0.05, 0.1) is 0 Å². The minimum absolute atomic E-state index is 0.151. The number of carbonyl (C=O) groups is 2. The van der Waals surface area contributed by atoms with Gasteiger partial charge in [0.15, 0.2) is 0 Å². The summed E-state index contributed by atoms with van der Waals surface area (Å²) in [5, 5.41) is 2.61. The average molecular weight is 185 g/mol. The van der Waals surface area contributed by atoms with Gasteiger partial charge in [0.25, 0.3) is 5.91 Å². The van der Waals surface area contributed by atoms with Crippen molar-refractivity contribution in [2.24, 2.45) is 5.92 Å². The Morgan fingerprint density at radius 3 is 2.38 bits per heavy atom. The Morgan fingerprint density at radius 2 is 1.92 bits per heavy atom. The van der Waals surface area contributed by atoms with Gasteiger partial charge in [-0.2, -0.15) is 0 Å². The lowest BCUT2D eigenvalue weighted by Crippen LogP contribution is -2.34. The topological polar surface area (TPSA) is 46.2 Å². The van der Waals surface area contributed by atoms with Crippen LogP contribution in [-0.4, -0.2) is 18.2 Å². The SMILES string of the molecule is CCCCNC(=O)C(=O)C(C)CC. The molecule has 0 rings (SSSR count). The molecule has 1 atom stereocenters. The number of Topliss-reactive ketones (excluding diaryl/α,β-unsaturated/α-hetero) is 1.